The summed E-state index contributed by atoms with van der Waals surface area (Å²) in [6.45, 7) is 9.05. The molecule has 0 aromatic heterocycles. The fraction of sp³-hybridized carbons (Fsp3) is 0.765. The summed E-state index contributed by atoms with van der Waals surface area (Å²) in [4.78, 5) is 0. The quantitative estimate of drug-likeness (QED) is 0.753. The number of hydrogen-bond acceptors (Lipinski definition) is 4. The molecule has 0 saturated heterocycles. The summed E-state index contributed by atoms with van der Waals surface area (Å²) in [5.41, 5.74) is 3.08. The van der Waals surface area contributed by atoms with Crippen molar-refractivity contribution < 1.29 is 13.5 Å². The molecule has 2 unspecified atom stereocenters. The molecule has 5 heteroatoms. The normalized spacial score (nSPS) is 22.1. The summed E-state index contributed by atoms with van der Waals surface area (Å²) < 4.78 is 22.2. The number of rotatable bonds is 7. The molecule has 2 N–H and O–H groups in total. The molecule has 0 heterocycles. The van der Waals surface area contributed by atoms with Crippen molar-refractivity contribution in [3.05, 3.63) is 23.3 Å². The molecule has 1 aliphatic rings. The van der Waals surface area contributed by atoms with Crippen LogP contribution in [0, 0.1) is 5.41 Å². The number of allylic oxidation sites excluding steroid dienone is 3. The van der Waals surface area contributed by atoms with Crippen molar-refractivity contribution in [1.29, 1.82) is 0 Å². The molecule has 0 amide bonds. The average Bonchev–Trinajstić information content (AvgIpc) is 2.33. The topological polar surface area (TPSA) is 66.4 Å². The van der Waals surface area contributed by atoms with E-state index in [9.17, 15) is 13.5 Å². The van der Waals surface area contributed by atoms with Crippen LogP contribution < -0.4 is 5.32 Å². The molecule has 128 valence electrons. The first-order valence-corrected chi connectivity index (χ1v) is 10.0. The third-order valence-electron chi connectivity index (χ3n) is 4.26. The Morgan fingerprint density at radius 2 is 2.05 bits per heavy atom. The monoisotopic (exact) mass is 329 g/mol. The van der Waals surface area contributed by atoms with E-state index in [0.717, 1.165) is 12.7 Å². The minimum Gasteiger partial charge on any atom is -0.391 e. The maximum Gasteiger partial charge on any atom is 0.150 e. The molecule has 0 aliphatic heterocycles. The molecule has 0 aromatic rings. The van der Waals surface area contributed by atoms with Crippen LogP contribution in [0.1, 0.15) is 47.0 Å². The van der Waals surface area contributed by atoms with Crippen molar-refractivity contribution in [2.75, 3.05) is 18.6 Å². The largest absolute Gasteiger partial charge is 0.391 e. The van der Waals surface area contributed by atoms with E-state index >= 15 is 0 Å². The molecule has 0 aromatic carbocycles. The molecule has 0 saturated carbocycles. The van der Waals surface area contributed by atoms with E-state index in [1.807, 2.05) is 6.92 Å². The first-order valence-electron chi connectivity index (χ1n) is 7.99. The first kappa shape index (κ1) is 19.4. The van der Waals surface area contributed by atoms with E-state index in [1.165, 1.54) is 24.0 Å². The van der Waals surface area contributed by atoms with Crippen LogP contribution in [0.3, 0.4) is 0 Å². The molecular weight excluding hydrogens is 298 g/mol. The van der Waals surface area contributed by atoms with Gasteiger partial charge in [-0.1, -0.05) is 31.6 Å². The molecule has 1 rings (SSSR count). The zero-order valence-corrected chi connectivity index (χ0v) is 15.3. The van der Waals surface area contributed by atoms with Crippen LogP contribution >= 0.6 is 0 Å². The number of aliphatic hydroxyl groups is 1. The lowest BCUT2D eigenvalue weighted by Crippen LogP contribution is -2.36. The van der Waals surface area contributed by atoms with Gasteiger partial charge in [-0.05, 0) is 44.1 Å². The maximum atomic E-state index is 11.1. The SMILES string of the molecule is CC1=C(/C=C/C(C)NCC(O)CS(C)(=O)=O)C(C)(C)CCC1. The second kappa shape index (κ2) is 7.75. The molecule has 0 fully saturated rings. The lowest BCUT2D eigenvalue weighted by molar-refractivity contribution is 0.192. The van der Waals surface area contributed by atoms with Crippen LogP contribution in [0.15, 0.2) is 23.3 Å². The molecule has 2 atom stereocenters. The Morgan fingerprint density at radius 3 is 2.59 bits per heavy atom. The Morgan fingerprint density at radius 1 is 1.41 bits per heavy atom. The Hall–Kier alpha value is -0.650. The van der Waals surface area contributed by atoms with Crippen molar-refractivity contribution in [1.82, 2.24) is 5.32 Å². The minimum absolute atomic E-state index is 0.0900. The molecule has 0 radical (unpaired) electrons. The van der Waals surface area contributed by atoms with Crippen LogP contribution in [-0.2, 0) is 9.84 Å². The minimum atomic E-state index is -3.14. The molecule has 22 heavy (non-hydrogen) atoms. The average molecular weight is 330 g/mol. The molecule has 0 bridgehead atoms. The van der Waals surface area contributed by atoms with Gasteiger partial charge in [0.1, 0.15) is 9.84 Å². The highest BCUT2D eigenvalue weighted by Crippen LogP contribution is 2.40. The Kier molecular flexibility index (Phi) is 6.84. The predicted molar refractivity (Wildman–Crippen MR) is 92.7 cm³/mol. The van der Waals surface area contributed by atoms with Gasteiger partial charge < -0.3 is 10.4 Å². The second-order valence-electron chi connectivity index (χ2n) is 7.23. The van der Waals surface area contributed by atoms with E-state index in [1.54, 1.807) is 0 Å². The highest BCUT2D eigenvalue weighted by Gasteiger charge is 2.26. The summed E-state index contributed by atoms with van der Waals surface area (Å²) in [5, 5.41) is 12.9. The summed E-state index contributed by atoms with van der Waals surface area (Å²) in [6.07, 6.45) is 8.19. The molecule has 4 nitrogen and oxygen atoms in total. The van der Waals surface area contributed by atoms with Gasteiger partial charge in [-0.3, -0.25) is 0 Å². The highest BCUT2D eigenvalue weighted by atomic mass is 32.2. The van der Waals surface area contributed by atoms with Gasteiger partial charge in [-0.15, -0.1) is 0 Å². The van der Waals surface area contributed by atoms with Gasteiger partial charge >= 0.3 is 0 Å². The first-order chi connectivity index (χ1) is 10.0. The maximum absolute atomic E-state index is 11.1. The van der Waals surface area contributed by atoms with Gasteiger partial charge in [0, 0.05) is 18.8 Å². The van der Waals surface area contributed by atoms with E-state index in [2.05, 4.69) is 38.2 Å². The summed E-state index contributed by atoms with van der Waals surface area (Å²) >= 11 is 0. The van der Waals surface area contributed by atoms with Crippen LogP contribution in [0.5, 0.6) is 0 Å². The lowest BCUT2D eigenvalue weighted by atomic mass is 9.72. The van der Waals surface area contributed by atoms with Gasteiger partial charge in [0.2, 0.25) is 0 Å². The third-order valence-corrected chi connectivity index (χ3v) is 5.25. The number of sulfone groups is 1. The number of hydrogen-bond donors (Lipinski definition) is 2. The van der Waals surface area contributed by atoms with E-state index in [0.29, 0.717) is 0 Å². The molecule has 0 spiro atoms. The number of aliphatic hydroxyl groups excluding tert-OH is 1. The van der Waals surface area contributed by atoms with Gasteiger partial charge in [0.25, 0.3) is 0 Å². The van der Waals surface area contributed by atoms with Crippen molar-refractivity contribution in [2.24, 2.45) is 5.41 Å². The highest BCUT2D eigenvalue weighted by molar-refractivity contribution is 7.90. The van der Waals surface area contributed by atoms with Crippen molar-refractivity contribution in [3.8, 4) is 0 Å². The van der Waals surface area contributed by atoms with Crippen LogP contribution in [0.4, 0.5) is 0 Å². The molecule has 1 aliphatic carbocycles. The van der Waals surface area contributed by atoms with Gasteiger partial charge in [-0.25, -0.2) is 8.42 Å². The van der Waals surface area contributed by atoms with Crippen LogP contribution in [0.25, 0.3) is 0 Å². The second-order valence-corrected chi connectivity index (χ2v) is 9.42. The summed E-state index contributed by atoms with van der Waals surface area (Å²) in [5.74, 6) is -0.201. The van der Waals surface area contributed by atoms with Crippen LogP contribution in [0.2, 0.25) is 0 Å². The zero-order chi connectivity index (χ0) is 17.0. The summed E-state index contributed by atoms with van der Waals surface area (Å²) in [6, 6.07) is 0.0900. The van der Waals surface area contributed by atoms with E-state index < -0.39 is 15.9 Å². The third kappa shape index (κ3) is 6.63. The van der Waals surface area contributed by atoms with Crippen molar-refractivity contribution in [3.63, 3.8) is 0 Å². The van der Waals surface area contributed by atoms with E-state index in [4.69, 9.17) is 0 Å². The predicted octanol–water partition coefficient (Wildman–Crippen LogP) is 2.45. The summed E-state index contributed by atoms with van der Waals surface area (Å²) in [7, 11) is -3.14. The number of nitrogens with one attached hydrogen (secondary N) is 1. The Balaban J connectivity index is 2.56. The smallest absolute Gasteiger partial charge is 0.150 e. The van der Waals surface area contributed by atoms with E-state index in [-0.39, 0.29) is 23.8 Å². The fourth-order valence-corrected chi connectivity index (χ4v) is 3.87. The fourth-order valence-electron chi connectivity index (χ4n) is 3.05. The lowest BCUT2D eigenvalue weighted by Gasteiger charge is -2.33. The standard InChI is InChI=1S/C17H31NO3S/c1-13-7-6-10-17(3,4)16(13)9-8-14(2)18-11-15(19)12-22(5,20)21/h8-9,14-15,18-19H,6-7,10-12H2,1-5H3/b9-8+. The van der Waals surface area contributed by atoms with Crippen molar-refractivity contribution in [2.45, 2.75) is 59.1 Å². The van der Waals surface area contributed by atoms with Gasteiger partial charge in [0.05, 0.1) is 11.9 Å². The van der Waals surface area contributed by atoms with Crippen LogP contribution in [-0.4, -0.2) is 44.2 Å². The Labute approximate surface area is 135 Å². The van der Waals surface area contributed by atoms with Gasteiger partial charge in [0.15, 0.2) is 0 Å². The zero-order valence-electron chi connectivity index (χ0n) is 14.5. The Bertz CT molecular complexity index is 532. The molecular formula is C17H31NO3S. The van der Waals surface area contributed by atoms with Crippen molar-refractivity contribution >= 4 is 9.84 Å². The van der Waals surface area contributed by atoms with Gasteiger partial charge in [-0.2, -0.15) is 0 Å².